The molecular weight excluding hydrogens is 358 g/mol. The lowest BCUT2D eigenvalue weighted by atomic mass is 10.1. The number of amides is 1. The monoisotopic (exact) mass is 382 g/mol. The molecule has 1 aliphatic rings. The van der Waals surface area contributed by atoms with Gasteiger partial charge in [-0.1, -0.05) is 23.2 Å². The Balaban J connectivity index is 1.94. The van der Waals surface area contributed by atoms with Crippen LogP contribution in [0.3, 0.4) is 0 Å². The van der Waals surface area contributed by atoms with Gasteiger partial charge >= 0.3 is 5.91 Å². The van der Waals surface area contributed by atoms with Crippen LogP contribution in [0.15, 0.2) is 47.5 Å². The van der Waals surface area contributed by atoms with Gasteiger partial charge in [-0.25, -0.2) is 0 Å². The van der Waals surface area contributed by atoms with Crippen LogP contribution in [0.25, 0.3) is 0 Å². The molecule has 146 valence electrons. The van der Waals surface area contributed by atoms with E-state index in [1.54, 1.807) is 44.7 Å². The molecule has 1 unspecified atom stereocenters. The zero-order chi connectivity index (χ0) is 20.3. The number of carbonyl (C=O) groups is 1. The van der Waals surface area contributed by atoms with Crippen LogP contribution in [0.2, 0.25) is 0 Å². The molecule has 2 aromatic carbocycles. The number of hydrazone groups is 1. The zero-order valence-electron chi connectivity index (χ0n) is 16.7. The number of hydrogen-bond donors (Lipinski definition) is 0. The minimum atomic E-state index is -0.608. The van der Waals surface area contributed by atoms with E-state index in [2.05, 4.69) is 4.99 Å². The van der Waals surface area contributed by atoms with Gasteiger partial charge in [0.1, 0.15) is 11.4 Å². The number of rotatable bonds is 6. The molecule has 1 atom stereocenters. The van der Waals surface area contributed by atoms with Crippen molar-refractivity contribution in [3.05, 3.63) is 48.0 Å². The van der Waals surface area contributed by atoms with E-state index >= 15 is 0 Å². The summed E-state index contributed by atoms with van der Waals surface area (Å²) in [7, 11) is 6.55. The van der Waals surface area contributed by atoms with E-state index in [9.17, 15) is 4.79 Å². The molecule has 0 radical (unpaired) electrons. The van der Waals surface area contributed by atoms with Crippen LogP contribution in [-0.2, 0) is 4.79 Å². The number of hydrogen-bond acceptors (Lipinski definition) is 5. The standard InChI is InChI=1S/C21H24N3O4/c1-14-20(21(25)24(23(14)2)16-9-7-6-8-10-16)22-13-15-11-18(27-4)19(28-5)12-17(15)26-3/h6-13,20H,1-5H3/q+1. The van der Waals surface area contributed by atoms with Gasteiger partial charge < -0.3 is 14.2 Å². The smallest absolute Gasteiger partial charge is 0.318 e. The Morgan fingerprint density at radius 1 is 1.00 bits per heavy atom. The molecule has 7 nitrogen and oxygen atoms in total. The van der Waals surface area contributed by atoms with E-state index in [-0.39, 0.29) is 5.91 Å². The molecule has 1 amide bonds. The zero-order valence-corrected chi connectivity index (χ0v) is 16.7. The van der Waals surface area contributed by atoms with Gasteiger partial charge in [0, 0.05) is 24.8 Å². The van der Waals surface area contributed by atoms with Crippen molar-refractivity contribution in [2.75, 3.05) is 33.4 Å². The quantitative estimate of drug-likeness (QED) is 0.569. The summed E-state index contributed by atoms with van der Waals surface area (Å²) in [5.74, 6) is 1.59. The van der Waals surface area contributed by atoms with Crippen molar-refractivity contribution in [1.82, 2.24) is 0 Å². The van der Waals surface area contributed by atoms with Crippen LogP contribution < -0.4 is 19.2 Å². The van der Waals surface area contributed by atoms with Crippen LogP contribution in [0.4, 0.5) is 5.69 Å². The van der Waals surface area contributed by atoms with Crippen molar-refractivity contribution in [2.24, 2.45) is 4.99 Å². The van der Waals surface area contributed by atoms with E-state index in [1.807, 2.05) is 49.0 Å². The first kappa shape index (κ1) is 19.4. The van der Waals surface area contributed by atoms with Gasteiger partial charge in [-0.3, -0.25) is 9.79 Å². The van der Waals surface area contributed by atoms with Crippen molar-refractivity contribution in [2.45, 2.75) is 13.0 Å². The van der Waals surface area contributed by atoms with E-state index in [0.29, 0.717) is 22.8 Å². The number of nitrogens with zero attached hydrogens (tertiary/aromatic N) is 3. The summed E-state index contributed by atoms with van der Waals surface area (Å²) < 4.78 is 17.9. The first-order chi connectivity index (χ1) is 13.5. The number of aliphatic imine (C=N–C) groups is 1. The molecule has 1 aliphatic heterocycles. The first-order valence-corrected chi connectivity index (χ1v) is 8.81. The van der Waals surface area contributed by atoms with Crippen LogP contribution in [0.5, 0.6) is 17.2 Å². The fraction of sp³-hybridized carbons (Fsp3) is 0.286. The first-order valence-electron chi connectivity index (χ1n) is 8.81. The summed E-state index contributed by atoms with van der Waals surface area (Å²) in [4.78, 5) is 17.5. The molecule has 3 rings (SSSR count). The van der Waals surface area contributed by atoms with Gasteiger partial charge in [-0.15, -0.1) is 4.68 Å². The number of hydrazine groups is 1. The average Bonchev–Trinajstić information content (AvgIpc) is 2.94. The lowest BCUT2D eigenvalue weighted by Crippen LogP contribution is -2.35. The van der Waals surface area contributed by atoms with Crippen molar-refractivity contribution in [3.8, 4) is 17.2 Å². The van der Waals surface area contributed by atoms with Crippen molar-refractivity contribution >= 4 is 23.5 Å². The van der Waals surface area contributed by atoms with Gasteiger partial charge in [0.15, 0.2) is 18.5 Å². The molecule has 0 aliphatic carbocycles. The second-order valence-corrected chi connectivity index (χ2v) is 6.28. The normalized spacial score (nSPS) is 16.8. The maximum atomic E-state index is 13.0. The van der Waals surface area contributed by atoms with E-state index in [1.165, 1.54) is 0 Å². The van der Waals surface area contributed by atoms with Crippen molar-refractivity contribution in [3.63, 3.8) is 0 Å². The minimum Gasteiger partial charge on any atom is -0.496 e. The highest BCUT2D eigenvalue weighted by Crippen LogP contribution is 2.34. The lowest BCUT2D eigenvalue weighted by Gasteiger charge is -2.12. The van der Waals surface area contributed by atoms with Crippen molar-refractivity contribution < 1.29 is 23.7 Å². The number of anilines is 1. The predicted molar refractivity (Wildman–Crippen MR) is 108 cm³/mol. The second kappa shape index (κ2) is 8.12. The molecule has 0 aromatic heterocycles. The maximum absolute atomic E-state index is 13.0. The number of carbonyl (C=O) groups excluding carboxylic acids is 1. The molecule has 28 heavy (non-hydrogen) atoms. The number of methoxy groups -OCH3 is 3. The van der Waals surface area contributed by atoms with E-state index in [4.69, 9.17) is 14.2 Å². The molecule has 0 N–H and O–H groups in total. The largest absolute Gasteiger partial charge is 0.496 e. The summed E-state index contributed by atoms with van der Waals surface area (Å²) in [6.07, 6.45) is 1.63. The Labute approximate surface area is 164 Å². The Kier molecular flexibility index (Phi) is 5.63. The molecule has 0 saturated carbocycles. The molecule has 0 saturated heterocycles. The Bertz CT molecular complexity index is 938. The third-order valence-corrected chi connectivity index (χ3v) is 4.75. The van der Waals surface area contributed by atoms with Gasteiger partial charge in [0.05, 0.1) is 21.3 Å². The topological polar surface area (TPSA) is 63.4 Å². The summed E-state index contributed by atoms with van der Waals surface area (Å²) in [5.41, 5.74) is 2.34. The number of para-hydroxylation sites is 1. The predicted octanol–water partition coefficient (Wildman–Crippen LogP) is 2.56. The molecule has 0 fully saturated rings. The summed E-state index contributed by atoms with van der Waals surface area (Å²) in [6, 6.07) is 12.4. The van der Waals surface area contributed by atoms with Crippen LogP contribution >= 0.6 is 0 Å². The summed E-state index contributed by atoms with van der Waals surface area (Å²) in [5, 5.41) is 1.63. The fourth-order valence-electron chi connectivity index (χ4n) is 3.13. The fourth-order valence-corrected chi connectivity index (χ4v) is 3.13. The highest BCUT2D eigenvalue weighted by atomic mass is 16.5. The van der Waals surface area contributed by atoms with E-state index in [0.717, 1.165) is 11.4 Å². The summed E-state index contributed by atoms with van der Waals surface area (Å²) >= 11 is 0. The third kappa shape index (κ3) is 3.43. The Morgan fingerprint density at radius 3 is 2.21 bits per heavy atom. The molecular formula is C21H24N3O4+. The number of benzene rings is 2. The van der Waals surface area contributed by atoms with E-state index < -0.39 is 6.04 Å². The molecule has 0 bridgehead atoms. The SMILES string of the molecule is COc1cc(OC)c(OC)cc1C=NC1C(=O)N(c2ccccc2)[N+](C)=C1C. The number of ether oxygens (including phenoxy) is 3. The average molecular weight is 382 g/mol. The van der Waals surface area contributed by atoms with Crippen molar-refractivity contribution in [1.29, 1.82) is 0 Å². The highest BCUT2D eigenvalue weighted by molar-refractivity contribution is 6.15. The lowest BCUT2D eigenvalue weighted by molar-refractivity contribution is -0.495. The summed E-state index contributed by atoms with van der Waals surface area (Å²) in [6.45, 7) is 1.90. The van der Waals surface area contributed by atoms with Gasteiger partial charge in [0.25, 0.3) is 0 Å². The van der Waals surface area contributed by atoms with Crippen LogP contribution in [0.1, 0.15) is 12.5 Å². The molecule has 2 aromatic rings. The molecule has 0 spiro atoms. The highest BCUT2D eigenvalue weighted by Gasteiger charge is 2.44. The maximum Gasteiger partial charge on any atom is 0.318 e. The minimum absolute atomic E-state index is 0.109. The molecule has 1 heterocycles. The third-order valence-electron chi connectivity index (χ3n) is 4.75. The Hall–Kier alpha value is -3.35. The Morgan fingerprint density at radius 2 is 1.61 bits per heavy atom. The molecule has 7 heteroatoms. The second-order valence-electron chi connectivity index (χ2n) is 6.28. The van der Waals surface area contributed by atoms with Gasteiger partial charge in [-0.05, 0) is 18.2 Å². The van der Waals surface area contributed by atoms with Crippen LogP contribution in [-0.4, -0.2) is 56.9 Å². The van der Waals surface area contributed by atoms with Crippen LogP contribution in [0, 0.1) is 0 Å². The van der Waals surface area contributed by atoms with Gasteiger partial charge in [0.2, 0.25) is 11.8 Å². The van der Waals surface area contributed by atoms with Gasteiger partial charge in [-0.2, -0.15) is 0 Å².